The first-order valence-electron chi connectivity index (χ1n) is 11.0. The van der Waals surface area contributed by atoms with E-state index in [-0.39, 0.29) is 0 Å². The summed E-state index contributed by atoms with van der Waals surface area (Å²) in [6.07, 6.45) is 3.88. The number of rotatable bonds is 12. The van der Waals surface area contributed by atoms with Gasteiger partial charge in [-0.3, -0.25) is 0 Å². The van der Waals surface area contributed by atoms with E-state index in [1.807, 2.05) is 26.0 Å². The van der Waals surface area contributed by atoms with Gasteiger partial charge in [-0.15, -0.1) is 0 Å². The number of hydrogen-bond acceptors (Lipinski definition) is 6. The zero-order chi connectivity index (χ0) is 24.4. The molecule has 2 aromatic rings. The zero-order valence-corrected chi connectivity index (χ0v) is 19.8. The minimum atomic E-state index is -0.548. The second kappa shape index (κ2) is 11.9. The average Bonchev–Trinajstić information content (AvgIpc) is 2.81. The van der Waals surface area contributed by atoms with E-state index in [4.69, 9.17) is 18.9 Å². The molecular formula is C27H32O6. The predicted molar refractivity (Wildman–Crippen MR) is 128 cm³/mol. The Morgan fingerprint density at radius 2 is 1.18 bits per heavy atom. The van der Waals surface area contributed by atoms with Crippen LogP contribution in [0.1, 0.15) is 51.7 Å². The summed E-state index contributed by atoms with van der Waals surface area (Å²) in [5, 5.41) is 0. The van der Waals surface area contributed by atoms with E-state index in [0.29, 0.717) is 36.2 Å². The van der Waals surface area contributed by atoms with Gasteiger partial charge < -0.3 is 18.9 Å². The quantitative estimate of drug-likeness (QED) is 0.231. The van der Waals surface area contributed by atoms with Crippen LogP contribution in [0.5, 0.6) is 23.0 Å². The van der Waals surface area contributed by atoms with E-state index >= 15 is 0 Å². The van der Waals surface area contributed by atoms with Crippen molar-refractivity contribution in [1.29, 1.82) is 0 Å². The molecule has 0 aliphatic carbocycles. The molecule has 2 aromatic carbocycles. The third kappa shape index (κ3) is 6.72. The van der Waals surface area contributed by atoms with Crippen LogP contribution >= 0.6 is 0 Å². The minimum Gasteiger partial charge on any atom is -0.493 e. The molecule has 6 heteroatoms. The summed E-state index contributed by atoms with van der Waals surface area (Å²) in [6.45, 7) is 16.0. The van der Waals surface area contributed by atoms with E-state index in [1.54, 1.807) is 24.3 Å². The summed E-state index contributed by atoms with van der Waals surface area (Å²) in [5.41, 5.74) is 1.24. The van der Waals surface area contributed by atoms with Gasteiger partial charge in [-0.05, 0) is 25.0 Å². The van der Waals surface area contributed by atoms with Crippen LogP contribution < -0.4 is 18.9 Å². The fourth-order valence-electron chi connectivity index (χ4n) is 3.29. The molecule has 0 bridgehead atoms. The highest BCUT2D eigenvalue weighted by molar-refractivity contribution is 5.84. The van der Waals surface area contributed by atoms with Gasteiger partial charge in [0.2, 0.25) is 0 Å². The lowest BCUT2D eigenvalue weighted by Gasteiger charge is -2.30. The molecule has 0 atom stereocenters. The summed E-state index contributed by atoms with van der Waals surface area (Å²) in [4.78, 5) is 23.3. The molecule has 0 fully saturated rings. The van der Waals surface area contributed by atoms with Crippen molar-refractivity contribution in [2.24, 2.45) is 0 Å². The molecule has 0 spiro atoms. The standard InChI is InChI=1S/C27H32O6/c1-7-15-30-23-17-19(32-25(28)9-3)11-13-21(23)27(5,6)22-14-12-20(33-26(29)10-4)18-24(22)31-16-8-2/h9-14,17-18H,3-4,7-8,15-16H2,1-2,5-6H3. The van der Waals surface area contributed by atoms with Crippen LogP contribution in [0.15, 0.2) is 61.7 Å². The number of esters is 2. The smallest absolute Gasteiger partial charge is 0.335 e. The largest absolute Gasteiger partial charge is 0.493 e. The fourth-order valence-corrected chi connectivity index (χ4v) is 3.29. The molecule has 0 heterocycles. The fraction of sp³-hybridized carbons (Fsp3) is 0.333. The maximum absolute atomic E-state index is 11.6. The highest BCUT2D eigenvalue weighted by Crippen LogP contribution is 2.43. The molecule has 0 aliphatic heterocycles. The Morgan fingerprint density at radius 3 is 1.52 bits per heavy atom. The van der Waals surface area contributed by atoms with E-state index in [0.717, 1.165) is 36.1 Å². The molecule has 0 amide bonds. The van der Waals surface area contributed by atoms with Crippen molar-refractivity contribution in [3.8, 4) is 23.0 Å². The van der Waals surface area contributed by atoms with Crippen molar-refractivity contribution in [3.63, 3.8) is 0 Å². The first-order chi connectivity index (χ1) is 15.8. The van der Waals surface area contributed by atoms with Crippen molar-refractivity contribution in [1.82, 2.24) is 0 Å². The topological polar surface area (TPSA) is 71.1 Å². The molecular weight excluding hydrogens is 420 g/mol. The number of carbonyl (C=O) groups is 2. The number of carbonyl (C=O) groups excluding carboxylic acids is 2. The summed E-state index contributed by atoms with van der Waals surface area (Å²) >= 11 is 0. The summed E-state index contributed by atoms with van der Waals surface area (Å²) in [7, 11) is 0. The summed E-state index contributed by atoms with van der Waals surface area (Å²) in [5.74, 6) is 0.894. The van der Waals surface area contributed by atoms with E-state index in [9.17, 15) is 9.59 Å². The van der Waals surface area contributed by atoms with Gasteiger partial charge in [0.15, 0.2) is 0 Å². The Balaban J connectivity index is 2.55. The zero-order valence-electron chi connectivity index (χ0n) is 19.8. The molecule has 0 saturated carbocycles. The van der Waals surface area contributed by atoms with Gasteiger partial charge in [0.05, 0.1) is 13.2 Å². The van der Waals surface area contributed by atoms with Crippen molar-refractivity contribution in [2.45, 2.75) is 46.0 Å². The van der Waals surface area contributed by atoms with Gasteiger partial charge in [-0.2, -0.15) is 0 Å². The molecule has 0 unspecified atom stereocenters. The Kier molecular flexibility index (Phi) is 9.28. The molecule has 33 heavy (non-hydrogen) atoms. The third-order valence-corrected chi connectivity index (χ3v) is 4.95. The van der Waals surface area contributed by atoms with Crippen LogP contribution in [-0.2, 0) is 15.0 Å². The van der Waals surface area contributed by atoms with Gasteiger partial charge in [0.25, 0.3) is 0 Å². The maximum Gasteiger partial charge on any atom is 0.335 e. The van der Waals surface area contributed by atoms with Crippen molar-refractivity contribution < 1.29 is 28.5 Å². The first kappa shape index (κ1) is 25.7. The first-order valence-corrected chi connectivity index (χ1v) is 11.0. The molecule has 0 N–H and O–H groups in total. The number of hydrogen-bond donors (Lipinski definition) is 0. The molecule has 176 valence electrons. The second-order valence-corrected chi connectivity index (χ2v) is 7.89. The van der Waals surface area contributed by atoms with Crippen LogP contribution in [0.25, 0.3) is 0 Å². The monoisotopic (exact) mass is 452 g/mol. The SMILES string of the molecule is C=CC(=O)Oc1ccc(C(C)(C)c2ccc(OC(=O)C=C)cc2OCCC)c(OCCC)c1. The average molecular weight is 453 g/mol. The van der Waals surface area contributed by atoms with Crippen molar-refractivity contribution in [2.75, 3.05) is 13.2 Å². The second-order valence-electron chi connectivity index (χ2n) is 7.89. The van der Waals surface area contributed by atoms with E-state index in [2.05, 4.69) is 27.0 Å². The summed E-state index contributed by atoms with van der Waals surface area (Å²) < 4.78 is 22.6. The predicted octanol–water partition coefficient (Wildman–Crippen LogP) is 5.77. The van der Waals surface area contributed by atoms with Crippen LogP contribution in [0.4, 0.5) is 0 Å². The number of ether oxygens (including phenoxy) is 4. The molecule has 6 nitrogen and oxygen atoms in total. The van der Waals surface area contributed by atoms with Crippen LogP contribution in [-0.4, -0.2) is 25.2 Å². The Morgan fingerprint density at radius 1 is 0.788 bits per heavy atom. The molecule has 0 aromatic heterocycles. The molecule has 0 aliphatic rings. The highest BCUT2D eigenvalue weighted by Gasteiger charge is 2.31. The highest BCUT2D eigenvalue weighted by atomic mass is 16.5. The summed E-state index contributed by atoms with van der Waals surface area (Å²) in [6, 6.07) is 10.6. The Bertz CT molecular complexity index is 926. The van der Waals surface area contributed by atoms with Gasteiger partial charge in [0.1, 0.15) is 23.0 Å². The van der Waals surface area contributed by atoms with Crippen LogP contribution in [0.3, 0.4) is 0 Å². The molecule has 0 saturated heterocycles. The van der Waals surface area contributed by atoms with Gasteiger partial charge >= 0.3 is 11.9 Å². The normalized spacial score (nSPS) is 10.8. The molecule has 0 radical (unpaired) electrons. The maximum atomic E-state index is 11.6. The minimum absolute atomic E-state index is 0.375. The van der Waals surface area contributed by atoms with Crippen molar-refractivity contribution >= 4 is 11.9 Å². The van der Waals surface area contributed by atoms with E-state index < -0.39 is 17.4 Å². The van der Waals surface area contributed by atoms with Gasteiger partial charge in [-0.1, -0.05) is 53.0 Å². The van der Waals surface area contributed by atoms with Gasteiger partial charge in [0, 0.05) is 40.8 Å². The lowest BCUT2D eigenvalue weighted by atomic mass is 9.77. The van der Waals surface area contributed by atoms with Crippen LogP contribution in [0.2, 0.25) is 0 Å². The Hall–Kier alpha value is -3.54. The van der Waals surface area contributed by atoms with Crippen molar-refractivity contribution in [3.05, 3.63) is 72.8 Å². The van der Waals surface area contributed by atoms with Gasteiger partial charge in [-0.25, -0.2) is 9.59 Å². The third-order valence-electron chi connectivity index (χ3n) is 4.95. The lowest BCUT2D eigenvalue weighted by molar-refractivity contribution is -0.129. The van der Waals surface area contributed by atoms with E-state index in [1.165, 1.54) is 0 Å². The van der Waals surface area contributed by atoms with Crippen LogP contribution in [0, 0.1) is 0 Å². The molecule has 2 rings (SSSR count). The number of benzene rings is 2. The lowest BCUT2D eigenvalue weighted by Crippen LogP contribution is -2.22. The Labute approximate surface area is 195 Å².